The third kappa shape index (κ3) is 3.21. The van der Waals surface area contributed by atoms with Gasteiger partial charge in [-0.2, -0.15) is 0 Å². The average Bonchev–Trinajstić information content (AvgIpc) is 3.56. The highest BCUT2D eigenvalue weighted by molar-refractivity contribution is 6.23. The SMILES string of the molecule is c1ccc(-c2cccc(-c3ccc(-c4cccc5c4oc4c5ccc5oc6ccccc6c54)cc3)c2)cc1. The highest BCUT2D eigenvalue weighted by atomic mass is 16.3. The fourth-order valence-electron chi connectivity index (χ4n) is 5.64. The molecule has 0 unspecified atom stereocenters. The summed E-state index contributed by atoms with van der Waals surface area (Å²) in [6, 6.07) is 46.7. The van der Waals surface area contributed by atoms with Gasteiger partial charge in [-0.25, -0.2) is 0 Å². The van der Waals surface area contributed by atoms with Gasteiger partial charge in [-0.15, -0.1) is 0 Å². The van der Waals surface area contributed by atoms with E-state index < -0.39 is 0 Å². The van der Waals surface area contributed by atoms with Crippen molar-refractivity contribution in [1.29, 1.82) is 0 Å². The molecule has 0 radical (unpaired) electrons. The molecule has 0 spiro atoms. The molecule has 38 heavy (non-hydrogen) atoms. The molecule has 0 bridgehead atoms. The van der Waals surface area contributed by atoms with E-state index in [1.807, 2.05) is 18.2 Å². The first-order valence-electron chi connectivity index (χ1n) is 12.9. The van der Waals surface area contributed by atoms with E-state index in [2.05, 4.69) is 115 Å². The van der Waals surface area contributed by atoms with Crippen LogP contribution in [0.4, 0.5) is 0 Å². The topological polar surface area (TPSA) is 26.3 Å². The van der Waals surface area contributed by atoms with E-state index in [1.165, 1.54) is 22.3 Å². The minimum atomic E-state index is 0.849. The van der Waals surface area contributed by atoms with Gasteiger partial charge in [0.05, 0.1) is 5.39 Å². The Morgan fingerprint density at radius 3 is 1.82 bits per heavy atom. The van der Waals surface area contributed by atoms with Gasteiger partial charge in [0.15, 0.2) is 0 Å². The molecular formula is C36H22O2. The Kier molecular flexibility index (Phi) is 4.55. The highest BCUT2D eigenvalue weighted by Crippen LogP contribution is 2.42. The summed E-state index contributed by atoms with van der Waals surface area (Å²) < 4.78 is 12.7. The first kappa shape index (κ1) is 21.0. The second-order valence-electron chi connectivity index (χ2n) is 9.72. The lowest BCUT2D eigenvalue weighted by molar-refractivity contribution is 0.663. The van der Waals surface area contributed by atoms with Crippen molar-refractivity contribution in [2.45, 2.75) is 0 Å². The first-order chi connectivity index (χ1) is 18.8. The fourth-order valence-corrected chi connectivity index (χ4v) is 5.64. The maximum absolute atomic E-state index is 6.64. The molecule has 0 fully saturated rings. The molecule has 0 aliphatic carbocycles. The Morgan fingerprint density at radius 2 is 0.974 bits per heavy atom. The van der Waals surface area contributed by atoms with E-state index in [4.69, 9.17) is 8.83 Å². The molecule has 0 aliphatic rings. The fraction of sp³-hybridized carbons (Fsp3) is 0. The van der Waals surface area contributed by atoms with Gasteiger partial charge in [0.1, 0.15) is 22.3 Å². The van der Waals surface area contributed by atoms with Crippen LogP contribution in [0.25, 0.3) is 77.3 Å². The van der Waals surface area contributed by atoms with E-state index in [-0.39, 0.29) is 0 Å². The zero-order chi connectivity index (χ0) is 25.1. The third-order valence-corrected chi connectivity index (χ3v) is 7.50. The zero-order valence-electron chi connectivity index (χ0n) is 20.5. The van der Waals surface area contributed by atoms with Crippen molar-refractivity contribution in [1.82, 2.24) is 0 Å². The van der Waals surface area contributed by atoms with E-state index >= 15 is 0 Å². The summed E-state index contributed by atoms with van der Waals surface area (Å²) >= 11 is 0. The third-order valence-electron chi connectivity index (χ3n) is 7.50. The summed E-state index contributed by atoms with van der Waals surface area (Å²) in [5.74, 6) is 0. The van der Waals surface area contributed by atoms with Crippen LogP contribution in [0.3, 0.4) is 0 Å². The minimum Gasteiger partial charge on any atom is -0.456 e. The van der Waals surface area contributed by atoms with Gasteiger partial charge < -0.3 is 8.83 Å². The van der Waals surface area contributed by atoms with Crippen LogP contribution < -0.4 is 0 Å². The van der Waals surface area contributed by atoms with Crippen LogP contribution in [-0.2, 0) is 0 Å². The monoisotopic (exact) mass is 486 g/mol. The molecule has 0 saturated carbocycles. The van der Waals surface area contributed by atoms with Crippen LogP contribution in [-0.4, -0.2) is 0 Å². The predicted octanol–water partition coefficient (Wildman–Crippen LogP) is 10.5. The number of fused-ring (bicyclic) bond motifs is 7. The molecule has 0 atom stereocenters. The van der Waals surface area contributed by atoms with Crippen molar-refractivity contribution in [2.75, 3.05) is 0 Å². The van der Waals surface area contributed by atoms with Crippen LogP contribution in [0.5, 0.6) is 0 Å². The number of furan rings is 2. The molecule has 0 saturated heterocycles. The lowest BCUT2D eigenvalue weighted by Crippen LogP contribution is -1.83. The van der Waals surface area contributed by atoms with E-state index in [9.17, 15) is 0 Å². The average molecular weight is 487 g/mol. The van der Waals surface area contributed by atoms with Crippen molar-refractivity contribution in [3.8, 4) is 33.4 Å². The Bertz CT molecular complexity index is 2110. The number of benzene rings is 6. The van der Waals surface area contributed by atoms with Gasteiger partial charge in [-0.1, -0.05) is 109 Å². The first-order valence-corrected chi connectivity index (χ1v) is 12.9. The maximum Gasteiger partial charge on any atom is 0.147 e. The standard InChI is InChI=1S/C36H22O2/c1-2-8-23(9-3-1)26-10-6-11-27(22-26)24-16-18-25(19-17-24)28-13-7-14-29-30-20-21-33-34(36(30)38-35(28)29)31-12-4-5-15-32(31)37-33/h1-22H. The normalized spacial score (nSPS) is 11.7. The maximum atomic E-state index is 6.64. The smallest absolute Gasteiger partial charge is 0.147 e. The molecule has 2 heteroatoms. The van der Waals surface area contributed by atoms with Crippen LogP contribution in [0.15, 0.2) is 142 Å². The van der Waals surface area contributed by atoms with Crippen molar-refractivity contribution in [3.05, 3.63) is 133 Å². The van der Waals surface area contributed by atoms with Gasteiger partial charge >= 0.3 is 0 Å². The number of rotatable bonds is 3. The summed E-state index contributed by atoms with van der Waals surface area (Å²) in [6.07, 6.45) is 0. The highest BCUT2D eigenvalue weighted by Gasteiger charge is 2.18. The molecule has 8 rings (SSSR count). The number of hydrogen-bond acceptors (Lipinski definition) is 2. The van der Waals surface area contributed by atoms with Crippen molar-refractivity contribution in [3.63, 3.8) is 0 Å². The largest absolute Gasteiger partial charge is 0.456 e. The van der Waals surface area contributed by atoms with E-state index in [0.717, 1.165) is 55.0 Å². The van der Waals surface area contributed by atoms with Gasteiger partial charge in [0, 0.05) is 21.7 Å². The zero-order valence-corrected chi connectivity index (χ0v) is 20.5. The van der Waals surface area contributed by atoms with Crippen LogP contribution in [0.1, 0.15) is 0 Å². The number of hydrogen-bond donors (Lipinski definition) is 0. The lowest BCUT2D eigenvalue weighted by Gasteiger charge is -2.08. The van der Waals surface area contributed by atoms with Crippen LogP contribution >= 0.6 is 0 Å². The quantitative estimate of drug-likeness (QED) is 0.248. The Balaban J connectivity index is 1.25. The summed E-state index contributed by atoms with van der Waals surface area (Å²) in [7, 11) is 0. The predicted molar refractivity (Wildman–Crippen MR) is 157 cm³/mol. The van der Waals surface area contributed by atoms with Crippen molar-refractivity contribution >= 4 is 43.9 Å². The Morgan fingerprint density at radius 1 is 0.342 bits per heavy atom. The second-order valence-corrected chi connectivity index (χ2v) is 9.72. The van der Waals surface area contributed by atoms with Gasteiger partial charge in [-0.3, -0.25) is 0 Å². The molecule has 0 amide bonds. The molecule has 0 aliphatic heterocycles. The molecular weight excluding hydrogens is 464 g/mol. The van der Waals surface area contributed by atoms with Crippen LogP contribution in [0, 0.1) is 0 Å². The molecule has 2 aromatic heterocycles. The number of para-hydroxylation sites is 2. The van der Waals surface area contributed by atoms with Gasteiger partial charge in [0.25, 0.3) is 0 Å². The summed E-state index contributed by atoms with van der Waals surface area (Å²) in [5, 5.41) is 4.34. The molecule has 178 valence electrons. The van der Waals surface area contributed by atoms with E-state index in [1.54, 1.807) is 0 Å². The lowest BCUT2D eigenvalue weighted by atomic mass is 9.96. The van der Waals surface area contributed by atoms with Gasteiger partial charge in [-0.05, 0) is 52.1 Å². The minimum absolute atomic E-state index is 0.849. The molecule has 8 aromatic rings. The molecule has 0 N–H and O–H groups in total. The second kappa shape index (κ2) is 8.22. The summed E-state index contributed by atoms with van der Waals surface area (Å²) in [5.41, 5.74) is 10.6. The summed E-state index contributed by atoms with van der Waals surface area (Å²) in [6.45, 7) is 0. The molecule has 2 heterocycles. The molecule has 6 aromatic carbocycles. The Labute approximate surface area is 219 Å². The Hall–Kier alpha value is -5.08. The van der Waals surface area contributed by atoms with Gasteiger partial charge in [0.2, 0.25) is 0 Å². The van der Waals surface area contributed by atoms with Crippen molar-refractivity contribution < 1.29 is 8.83 Å². The van der Waals surface area contributed by atoms with Crippen molar-refractivity contribution in [2.24, 2.45) is 0 Å². The van der Waals surface area contributed by atoms with E-state index in [0.29, 0.717) is 0 Å². The van der Waals surface area contributed by atoms with Crippen LogP contribution in [0.2, 0.25) is 0 Å². The molecule has 2 nitrogen and oxygen atoms in total. The summed E-state index contributed by atoms with van der Waals surface area (Å²) in [4.78, 5) is 0.